The van der Waals surface area contributed by atoms with Crippen LogP contribution in [0.15, 0.2) is 0 Å². The van der Waals surface area contributed by atoms with E-state index >= 15 is 0 Å². The van der Waals surface area contributed by atoms with Crippen LogP contribution in [0.4, 0.5) is 0 Å². The van der Waals surface area contributed by atoms with Gasteiger partial charge in [-0.15, -0.1) is 0 Å². The second-order valence-electron chi connectivity index (χ2n) is 2.08. The molecule has 74 valence electrons. The number of nitrogens with zero attached hydrogens (tertiary/aromatic N) is 1. The second-order valence-corrected chi connectivity index (χ2v) is 2.08. The Morgan fingerprint density at radius 2 is 1.83 bits per heavy atom. The van der Waals surface area contributed by atoms with Gasteiger partial charge in [-0.3, -0.25) is 9.63 Å². The van der Waals surface area contributed by atoms with Crippen LogP contribution >= 0.6 is 0 Å². The van der Waals surface area contributed by atoms with Crippen LogP contribution in [0.3, 0.4) is 0 Å². The highest BCUT2D eigenvalue weighted by molar-refractivity contribution is 5.74. The summed E-state index contributed by atoms with van der Waals surface area (Å²) in [7, 11) is 1.64. The average Bonchev–Trinajstić information content (AvgIpc) is 2.16. The number of carbonyl (C=O) groups is 1. The maximum atomic E-state index is 10.8. The molecule has 0 bridgehead atoms. The van der Waals surface area contributed by atoms with Crippen LogP contribution in [0.5, 0.6) is 0 Å². The molecule has 0 fully saturated rings. The number of hydrogen-bond donors (Lipinski definition) is 0. The first-order valence-corrected chi connectivity index (χ1v) is 4.61. The van der Waals surface area contributed by atoms with Crippen molar-refractivity contribution >= 4 is 5.91 Å². The summed E-state index contributed by atoms with van der Waals surface area (Å²) in [6.07, 6.45) is 1.43. The van der Waals surface area contributed by atoms with Crippen LogP contribution in [0.2, 0.25) is 0 Å². The third kappa shape index (κ3) is 7.54. The van der Waals surface area contributed by atoms with E-state index in [9.17, 15) is 4.79 Å². The van der Waals surface area contributed by atoms with E-state index in [1.165, 1.54) is 5.06 Å². The van der Waals surface area contributed by atoms with Crippen LogP contribution in [-0.4, -0.2) is 24.6 Å². The number of carbonyl (C=O) groups excluding carboxylic acids is 1. The molecule has 0 spiro atoms. The van der Waals surface area contributed by atoms with E-state index in [0.29, 0.717) is 13.0 Å². The molecule has 0 heterocycles. The van der Waals surface area contributed by atoms with Gasteiger partial charge in [-0.2, -0.15) is 0 Å². The molecule has 0 aliphatic rings. The molecule has 0 aromatic rings. The smallest absolute Gasteiger partial charge is 0.245 e. The van der Waals surface area contributed by atoms with Crippen molar-refractivity contribution < 1.29 is 9.63 Å². The Kier molecular flexibility index (Phi) is 12.2. The van der Waals surface area contributed by atoms with E-state index in [0.717, 1.165) is 6.42 Å². The Bertz CT molecular complexity index is 105. The summed E-state index contributed by atoms with van der Waals surface area (Å²) in [5, 5.41) is 1.30. The molecule has 12 heavy (non-hydrogen) atoms. The fourth-order valence-corrected chi connectivity index (χ4v) is 0.523. The first-order valence-electron chi connectivity index (χ1n) is 4.61. The van der Waals surface area contributed by atoms with Gasteiger partial charge < -0.3 is 0 Å². The predicted molar refractivity (Wildman–Crippen MR) is 50.7 cm³/mol. The van der Waals surface area contributed by atoms with Gasteiger partial charge in [0.05, 0.1) is 6.61 Å². The molecule has 3 nitrogen and oxygen atoms in total. The molecule has 0 radical (unpaired) electrons. The minimum absolute atomic E-state index is 0.0217. The van der Waals surface area contributed by atoms with Crippen LogP contribution in [-0.2, 0) is 9.63 Å². The van der Waals surface area contributed by atoms with E-state index in [2.05, 4.69) is 0 Å². The lowest BCUT2D eigenvalue weighted by atomic mass is 10.5. The molecular formula is C9H21NO2. The Morgan fingerprint density at radius 1 is 1.33 bits per heavy atom. The van der Waals surface area contributed by atoms with Crippen LogP contribution < -0.4 is 0 Å². The van der Waals surface area contributed by atoms with E-state index in [4.69, 9.17) is 4.84 Å². The minimum atomic E-state index is 0.0217. The molecule has 0 aliphatic carbocycles. The maximum Gasteiger partial charge on any atom is 0.245 e. The number of rotatable bonds is 4. The quantitative estimate of drug-likeness (QED) is 0.613. The van der Waals surface area contributed by atoms with Crippen LogP contribution in [0.1, 0.15) is 40.5 Å². The third-order valence-electron chi connectivity index (χ3n) is 1.14. The zero-order chi connectivity index (χ0) is 9.98. The summed E-state index contributed by atoms with van der Waals surface area (Å²) < 4.78 is 0. The molecule has 0 aromatic carbocycles. The predicted octanol–water partition coefficient (Wildman–Crippen LogP) is 2.22. The standard InChI is InChI=1S/C7H15NO2.C2H6/c1-4-6-10-8(3)7(9)5-2;1-2/h4-6H2,1-3H3;1-2H3. The summed E-state index contributed by atoms with van der Waals surface area (Å²) in [6.45, 7) is 8.43. The van der Waals surface area contributed by atoms with Gasteiger partial charge in [0.2, 0.25) is 5.91 Å². The lowest BCUT2D eigenvalue weighted by Gasteiger charge is -2.14. The molecule has 0 saturated carbocycles. The number of hydroxylamine groups is 2. The van der Waals surface area contributed by atoms with Crippen molar-refractivity contribution in [2.75, 3.05) is 13.7 Å². The van der Waals surface area contributed by atoms with E-state index < -0.39 is 0 Å². The number of hydrogen-bond acceptors (Lipinski definition) is 2. The third-order valence-corrected chi connectivity index (χ3v) is 1.14. The SMILES string of the molecule is CC.CCCON(C)C(=O)CC. The van der Waals surface area contributed by atoms with Crippen molar-refractivity contribution in [3.8, 4) is 0 Å². The Labute approximate surface area is 75.7 Å². The topological polar surface area (TPSA) is 29.5 Å². The Morgan fingerprint density at radius 3 is 2.17 bits per heavy atom. The normalized spacial score (nSPS) is 8.42. The van der Waals surface area contributed by atoms with Crippen molar-refractivity contribution in [2.45, 2.75) is 40.5 Å². The Hall–Kier alpha value is -0.570. The van der Waals surface area contributed by atoms with Crippen LogP contribution in [0.25, 0.3) is 0 Å². The van der Waals surface area contributed by atoms with Crippen molar-refractivity contribution in [2.24, 2.45) is 0 Å². The summed E-state index contributed by atoms with van der Waals surface area (Å²) in [5.41, 5.74) is 0. The molecule has 0 N–H and O–H groups in total. The average molecular weight is 175 g/mol. The molecular weight excluding hydrogens is 154 g/mol. The lowest BCUT2D eigenvalue weighted by Crippen LogP contribution is -2.26. The van der Waals surface area contributed by atoms with Crippen LogP contribution in [0, 0.1) is 0 Å². The van der Waals surface area contributed by atoms with Gasteiger partial charge in [0.15, 0.2) is 0 Å². The van der Waals surface area contributed by atoms with E-state index in [-0.39, 0.29) is 5.91 Å². The maximum absolute atomic E-state index is 10.8. The molecule has 0 aliphatic heterocycles. The van der Waals surface area contributed by atoms with Gasteiger partial charge in [-0.05, 0) is 6.42 Å². The first kappa shape index (κ1) is 14.0. The zero-order valence-electron chi connectivity index (χ0n) is 8.89. The summed E-state index contributed by atoms with van der Waals surface area (Å²) in [4.78, 5) is 15.8. The lowest BCUT2D eigenvalue weighted by molar-refractivity contribution is -0.177. The van der Waals surface area contributed by atoms with Gasteiger partial charge in [0.1, 0.15) is 0 Å². The molecule has 0 rings (SSSR count). The summed E-state index contributed by atoms with van der Waals surface area (Å²) in [6, 6.07) is 0. The fraction of sp³-hybridized carbons (Fsp3) is 0.889. The molecule has 0 aromatic heterocycles. The van der Waals surface area contributed by atoms with Gasteiger partial charge >= 0.3 is 0 Å². The van der Waals surface area contributed by atoms with Crippen molar-refractivity contribution in [1.82, 2.24) is 5.06 Å². The molecule has 3 heteroatoms. The van der Waals surface area contributed by atoms with E-state index in [1.807, 2.05) is 27.7 Å². The summed E-state index contributed by atoms with van der Waals surface area (Å²) in [5.74, 6) is 0.0217. The van der Waals surface area contributed by atoms with Gasteiger partial charge in [0.25, 0.3) is 0 Å². The highest BCUT2D eigenvalue weighted by atomic mass is 16.7. The van der Waals surface area contributed by atoms with E-state index in [1.54, 1.807) is 7.05 Å². The zero-order valence-corrected chi connectivity index (χ0v) is 8.89. The van der Waals surface area contributed by atoms with Crippen molar-refractivity contribution in [3.05, 3.63) is 0 Å². The molecule has 0 saturated heterocycles. The summed E-state index contributed by atoms with van der Waals surface area (Å²) >= 11 is 0. The van der Waals surface area contributed by atoms with Gasteiger partial charge in [0, 0.05) is 13.5 Å². The highest BCUT2D eigenvalue weighted by Gasteiger charge is 2.03. The largest absolute Gasteiger partial charge is 0.273 e. The van der Waals surface area contributed by atoms with Gasteiger partial charge in [-0.1, -0.05) is 27.7 Å². The number of amides is 1. The molecule has 0 atom stereocenters. The fourth-order valence-electron chi connectivity index (χ4n) is 0.523. The molecule has 0 unspecified atom stereocenters. The first-order chi connectivity index (χ1) is 5.72. The second kappa shape index (κ2) is 10.4. The van der Waals surface area contributed by atoms with Gasteiger partial charge in [-0.25, -0.2) is 5.06 Å². The molecule has 1 amide bonds. The monoisotopic (exact) mass is 175 g/mol. The van der Waals surface area contributed by atoms with Crippen molar-refractivity contribution in [1.29, 1.82) is 0 Å². The minimum Gasteiger partial charge on any atom is -0.273 e. The highest BCUT2D eigenvalue weighted by Crippen LogP contribution is 1.91. The Balaban J connectivity index is 0. The van der Waals surface area contributed by atoms with Crippen molar-refractivity contribution in [3.63, 3.8) is 0 Å².